The Kier molecular flexibility index (Phi) is 4.55. The largest absolute Gasteiger partial charge is 0.385 e. The van der Waals surface area contributed by atoms with E-state index in [2.05, 4.69) is 38.4 Å². The lowest BCUT2D eigenvalue weighted by atomic mass is 10.1. The number of fused-ring (bicyclic) bond motifs is 1. The van der Waals surface area contributed by atoms with Gasteiger partial charge in [-0.1, -0.05) is 15.9 Å². The standard InChI is InChI=1S/C14H17BrN2O/c1-10-8-14(16-6-3-7-18-2)12-9-11(15)4-5-13(12)17-10/h4-5,8-9H,3,6-7H2,1-2H3,(H,16,17). The van der Waals surface area contributed by atoms with Gasteiger partial charge in [-0.2, -0.15) is 0 Å². The first-order chi connectivity index (χ1) is 8.70. The van der Waals surface area contributed by atoms with Crippen molar-refractivity contribution in [3.63, 3.8) is 0 Å². The number of nitrogens with one attached hydrogen (secondary N) is 1. The van der Waals surface area contributed by atoms with Crippen LogP contribution >= 0.6 is 15.9 Å². The molecule has 1 heterocycles. The molecule has 1 N–H and O–H groups in total. The van der Waals surface area contributed by atoms with E-state index < -0.39 is 0 Å². The summed E-state index contributed by atoms with van der Waals surface area (Å²) in [6.45, 7) is 3.69. The molecule has 0 bridgehead atoms. The van der Waals surface area contributed by atoms with Gasteiger partial charge in [-0.25, -0.2) is 0 Å². The smallest absolute Gasteiger partial charge is 0.0726 e. The first kappa shape index (κ1) is 13.3. The van der Waals surface area contributed by atoms with E-state index in [0.29, 0.717) is 0 Å². The Morgan fingerprint density at radius 2 is 2.17 bits per heavy atom. The molecule has 0 spiro atoms. The van der Waals surface area contributed by atoms with Crippen LogP contribution in [-0.4, -0.2) is 25.2 Å². The minimum absolute atomic E-state index is 0.776. The van der Waals surface area contributed by atoms with Gasteiger partial charge in [0, 0.05) is 41.5 Å². The number of aromatic nitrogens is 1. The Labute approximate surface area is 116 Å². The van der Waals surface area contributed by atoms with Crippen LogP contribution in [0.15, 0.2) is 28.7 Å². The van der Waals surface area contributed by atoms with E-state index in [9.17, 15) is 0 Å². The van der Waals surface area contributed by atoms with Crippen molar-refractivity contribution in [2.24, 2.45) is 0 Å². The lowest BCUT2D eigenvalue weighted by Crippen LogP contribution is -2.05. The van der Waals surface area contributed by atoms with Gasteiger partial charge in [0.25, 0.3) is 0 Å². The molecule has 4 heteroatoms. The van der Waals surface area contributed by atoms with Crippen LogP contribution in [0.4, 0.5) is 5.69 Å². The molecule has 0 atom stereocenters. The predicted octanol–water partition coefficient (Wildman–Crippen LogP) is 3.75. The second-order valence-electron chi connectivity index (χ2n) is 4.25. The third-order valence-corrected chi connectivity index (χ3v) is 3.23. The van der Waals surface area contributed by atoms with Crippen molar-refractivity contribution in [2.45, 2.75) is 13.3 Å². The Morgan fingerprint density at radius 3 is 2.94 bits per heavy atom. The van der Waals surface area contributed by atoms with E-state index in [-0.39, 0.29) is 0 Å². The molecule has 1 aromatic carbocycles. The van der Waals surface area contributed by atoms with Gasteiger partial charge in [-0.15, -0.1) is 0 Å². The third kappa shape index (κ3) is 3.21. The van der Waals surface area contributed by atoms with E-state index in [1.54, 1.807) is 7.11 Å². The van der Waals surface area contributed by atoms with Crippen LogP contribution in [0.3, 0.4) is 0 Å². The van der Waals surface area contributed by atoms with Crippen molar-refractivity contribution in [2.75, 3.05) is 25.6 Å². The number of methoxy groups -OCH3 is 1. The normalized spacial score (nSPS) is 10.8. The fourth-order valence-corrected chi connectivity index (χ4v) is 2.28. The van der Waals surface area contributed by atoms with E-state index in [0.717, 1.165) is 46.3 Å². The molecule has 18 heavy (non-hydrogen) atoms. The Morgan fingerprint density at radius 1 is 1.33 bits per heavy atom. The van der Waals surface area contributed by atoms with Gasteiger partial charge in [0.2, 0.25) is 0 Å². The number of benzene rings is 1. The first-order valence-corrected chi connectivity index (χ1v) is 6.80. The molecule has 3 nitrogen and oxygen atoms in total. The zero-order chi connectivity index (χ0) is 13.0. The number of nitrogens with zero attached hydrogens (tertiary/aromatic N) is 1. The number of hydrogen-bond acceptors (Lipinski definition) is 3. The topological polar surface area (TPSA) is 34.1 Å². The van der Waals surface area contributed by atoms with Crippen LogP contribution in [0.2, 0.25) is 0 Å². The molecule has 0 saturated carbocycles. The van der Waals surface area contributed by atoms with E-state index in [4.69, 9.17) is 4.74 Å². The minimum atomic E-state index is 0.776. The average molecular weight is 309 g/mol. The maximum absolute atomic E-state index is 5.05. The minimum Gasteiger partial charge on any atom is -0.385 e. The predicted molar refractivity (Wildman–Crippen MR) is 79.2 cm³/mol. The third-order valence-electron chi connectivity index (χ3n) is 2.74. The summed E-state index contributed by atoms with van der Waals surface area (Å²) in [7, 11) is 1.73. The van der Waals surface area contributed by atoms with Gasteiger partial charge in [0.1, 0.15) is 0 Å². The number of rotatable bonds is 5. The van der Waals surface area contributed by atoms with Gasteiger partial charge < -0.3 is 10.1 Å². The molecular formula is C14H17BrN2O. The highest BCUT2D eigenvalue weighted by molar-refractivity contribution is 9.10. The van der Waals surface area contributed by atoms with Crippen molar-refractivity contribution >= 4 is 32.5 Å². The second kappa shape index (κ2) is 6.16. The summed E-state index contributed by atoms with van der Waals surface area (Å²) < 4.78 is 6.12. The lowest BCUT2D eigenvalue weighted by Gasteiger charge is -2.11. The maximum atomic E-state index is 5.05. The number of pyridine rings is 1. The van der Waals surface area contributed by atoms with Gasteiger partial charge >= 0.3 is 0 Å². The number of aryl methyl sites for hydroxylation is 1. The molecule has 0 amide bonds. The van der Waals surface area contributed by atoms with Crippen LogP contribution in [0.25, 0.3) is 10.9 Å². The van der Waals surface area contributed by atoms with Crippen LogP contribution in [-0.2, 0) is 4.74 Å². The number of anilines is 1. The lowest BCUT2D eigenvalue weighted by molar-refractivity contribution is 0.198. The molecule has 2 aromatic rings. The Hall–Kier alpha value is -1.13. The molecule has 0 fully saturated rings. The Balaban J connectivity index is 2.27. The quantitative estimate of drug-likeness (QED) is 0.854. The van der Waals surface area contributed by atoms with Crippen molar-refractivity contribution in [3.8, 4) is 0 Å². The van der Waals surface area contributed by atoms with Crippen molar-refractivity contribution in [1.82, 2.24) is 4.98 Å². The van der Waals surface area contributed by atoms with E-state index in [1.807, 2.05) is 19.1 Å². The number of ether oxygens (including phenoxy) is 1. The summed E-state index contributed by atoms with van der Waals surface area (Å²) >= 11 is 3.50. The maximum Gasteiger partial charge on any atom is 0.0726 e. The zero-order valence-electron chi connectivity index (χ0n) is 10.7. The summed E-state index contributed by atoms with van der Waals surface area (Å²) in [5.41, 5.74) is 3.18. The monoisotopic (exact) mass is 308 g/mol. The molecule has 0 aliphatic heterocycles. The average Bonchev–Trinajstić information content (AvgIpc) is 2.35. The van der Waals surface area contributed by atoms with E-state index in [1.165, 1.54) is 0 Å². The number of halogens is 1. The first-order valence-electron chi connectivity index (χ1n) is 6.00. The fraction of sp³-hybridized carbons (Fsp3) is 0.357. The molecule has 0 aliphatic rings. The molecule has 96 valence electrons. The molecule has 2 rings (SSSR count). The zero-order valence-corrected chi connectivity index (χ0v) is 12.3. The van der Waals surface area contributed by atoms with Crippen LogP contribution in [0.1, 0.15) is 12.1 Å². The van der Waals surface area contributed by atoms with Gasteiger partial charge in [-0.3, -0.25) is 4.98 Å². The van der Waals surface area contributed by atoms with Crippen LogP contribution in [0.5, 0.6) is 0 Å². The molecular weight excluding hydrogens is 292 g/mol. The molecule has 0 radical (unpaired) electrons. The van der Waals surface area contributed by atoms with Crippen LogP contribution in [0, 0.1) is 6.92 Å². The summed E-state index contributed by atoms with van der Waals surface area (Å²) in [4.78, 5) is 4.54. The second-order valence-corrected chi connectivity index (χ2v) is 5.16. The van der Waals surface area contributed by atoms with Gasteiger partial charge in [0.15, 0.2) is 0 Å². The van der Waals surface area contributed by atoms with Crippen LogP contribution < -0.4 is 5.32 Å². The summed E-state index contributed by atoms with van der Waals surface area (Å²) in [5.74, 6) is 0. The molecule has 0 aliphatic carbocycles. The fourth-order valence-electron chi connectivity index (χ4n) is 1.92. The number of hydrogen-bond donors (Lipinski definition) is 1. The highest BCUT2D eigenvalue weighted by Crippen LogP contribution is 2.26. The highest BCUT2D eigenvalue weighted by atomic mass is 79.9. The molecule has 1 aromatic heterocycles. The summed E-state index contributed by atoms with van der Waals surface area (Å²) in [6, 6.07) is 8.23. The van der Waals surface area contributed by atoms with Crippen molar-refractivity contribution in [3.05, 3.63) is 34.4 Å². The highest BCUT2D eigenvalue weighted by Gasteiger charge is 2.04. The van der Waals surface area contributed by atoms with E-state index >= 15 is 0 Å². The molecule has 0 unspecified atom stereocenters. The van der Waals surface area contributed by atoms with Crippen molar-refractivity contribution < 1.29 is 4.74 Å². The van der Waals surface area contributed by atoms with Gasteiger partial charge in [-0.05, 0) is 37.6 Å². The molecule has 0 saturated heterocycles. The van der Waals surface area contributed by atoms with Crippen molar-refractivity contribution in [1.29, 1.82) is 0 Å². The Bertz CT molecular complexity index is 543. The van der Waals surface area contributed by atoms with Gasteiger partial charge in [0.05, 0.1) is 5.52 Å². The summed E-state index contributed by atoms with van der Waals surface area (Å²) in [5, 5.41) is 4.60. The summed E-state index contributed by atoms with van der Waals surface area (Å²) in [6.07, 6.45) is 0.993. The SMILES string of the molecule is COCCCNc1cc(C)nc2ccc(Br)cc12.